The van der Waals surface area contributed by atoms with Crippen molar-refractivity contribution in [2.45, 2.75) is 31.9 Å². The van der Waals surface area contributed by atoms with Gasteiger partial charge in [-0.15, -0.1) is 12.4 Å². The highest BCUT2D eigenvalue weighted by atomic mass is 35.5. The maximum Gasteiger partial charge on any atom is 0.248 e. The fourth-order valence-corrected chi connectivity index (χ4v) is 2.13. The molecule has 0 aliphatic heterocycles. The Labute approximate surface area is 147 Å². The second-order valence-electron chi connectivity index (χ2n) is 5.30. The summed E-state index contributed by atoms with van der Waals surface area (Å²) in [5.41, 5.74) is 6.60. The molecule has 1 aromatic heterocycles. The summed E-state index contributed by atoms with van der Waals surface area (Å²) in [6.45, 7) is 2.09. The van der Waals surface area contributed by atoms with Gasteiger partial charge in [-0.3, -0.25) is 4.79 Å². The van der Waals surface area contributed by atoms with Gasteiger partial charge in [0.1, 0.15) is 6.04 Å². The number of halogens is 1. The number of benzene rings is 1. The second-order valence-corrected chi connectivity index (χ2v) is 5.30. The van der Waals surface area contributed by atoms with Crippen molar-refractivity contribution in [3.8, 4) is 0 Å². The Bertz CT molecular complexity index is 617. The van der Waals surface area contributed by atoms with Crippen molar-refractivity contribution in [2.75, 3.05) is 13.7 Å². The van der Waals surface area contributed by atoms with Crippen LogP contribution < -0.4 is 11.1 Å². The largest absolute Gasteiger partial charge is 0.380 e. The third kappa shape index (κ3) is 5.92. The molecule has 0 saturated heterocycles. The first-order chi connectivity index (χ1) is 11.1. The van der Waals surface area contributed by atoms with E-state index in [-0.39, 0.29) is 36.9 Å². The number of rotatable bonds is 8. The fraction of sp³-hybridized carbons (Fsp3) is 0.438. The number of nitrogens with zero attached hydrogens (tertiary/aromatic N) is 2. The molecule has 0 fully saturated rings. The van der Waals surface area contributed by atoms with E-state index in [2.05, 4.69) is 15.5 Å². The lowest BCUT2D eigenvalue weighted by molar-refractivity contribution is -0.124. The number of ether oxygens (including phenoxy) is 1. The van der Waals surface area contributed by atoms with Gasteiger partial charge in [-0.2, -0.15) is 4.98 Å². The van der Waals surface area contributed by atoms with E-state index in [1.54, 1.807) is 6.92 Å². The van der Waals surface area contributed by atoms with E-state index < -0.39 is 0 Å². The predicted molar refractivity (Wildman–Crippen MR) is 91.8 cm³/mol. The standard InChI is InChI=1S/C16H22N4O3.ClH/c1-11(18-15(21)9-13(10-17)22-2)16-19-14(20-23-16)8-12-6-4-3-5-7-12;/h3-7,11,13H,8-10,17H2,1-2H3,(H,18,21);1H. The van der Waals surface area contributed by atoms with Gasteiger partial charge in [-0.25, -0.2) is 0 Å². The summed E-state index contributed by atoms with van der Waals surface area (Å²) >= 11 is 0. The van der Waals surface area contributed by atoms with E-state index >= 15 is 0 Å². The summed E-state index contributed by atoms with van der Waals surface area (Å²) in [5, 5.41) is 6.75. The molecule has 2 aromatic rings. The number of nitrogens with two attached hydrogens (primary N) is 1. The number of nitrogens with one attached hydrogen (secondary N) is 1. The Morgan fingerprint density at radius 3 is 2.71 bits per heavy atom. The van der Waals surface area contributed by atoms with Crippen LogP contribution in [0.2, 0.25) is 0 Å². The maximum absolute atomic E-state index is 11.9. The van der Waals surface area contributed by atoms with E-state index in [1.165, 1.54) is 7.11 Å². The minimum absolute atomic E-state index is 0. The van der Waals surface area contributed by atoms with Crippen LogP contribution in [0.5, 0.6) is 0 Å². The first kappa shape index (κ1) is 20.1. The van der Waals surface area contributed by atoms with Gasteiger partial charge in [0.2, 0.25) is 11.8 Å². The molecule has 2 unspecified atom stereocenters. The molecule has 8 heteroatoms. The highest BCUT2D eigenvalue weighted by Gasteiger charge is 2.19. The highest BCUT2D eigenvalue weighted by molar-refractivity contribution is 5.85. The Kier molecular flexibility index (Phi) is 8.39. The molecular formula is C16H23ClN4O3. The van der Waals surface area contributed by atoms with Crippen molar-refractivity contribution in [2.24, 2.45) is 5.73 Å². The molecule has 2 atom stereocenters. The van der Waals surface area contributed by atoms with E-state index in [1.807, 2.05) is 30.3 Å². The number of carbonyl (C=O) groups excluding carboxylic acids is 1. The number of hydrogen-bond acceptors (Lipinski definition) is 6. The van der Waals surface area contributed by atoms with E-state index in [0.717, 1.165) is 5.56 Å². The number of aromatic nitrogens is 2. The van der Waals surface area contributed by atoms with E-state index in [9.17, 15) is 4.79 Å². The lowest BCUT2D eigenvalue weighted by Gasteiger charge is -2.14. The zero-order valence-electron chi connectivity index (χ0n) is 13.8. The zero-order chi connectivity index (χ0) is 16.7. The number of hydrogen-bond donors (Lipinski definition) is 2. The molecule has 132 valence electrons. The summed E-state index contributed by atoms with van der Waals surface area (Å²) in [5.74, 6) is 0.799. The first-order valence-corrected chi connectivity index (χ1v) is 7.51. The van der Waals surface area contributed by atoms with Gasteiger partial charge in [0.15, 0.2) is 5.82 Å². The molecule has 0 radical (unpaired) electrons. The van der Waals surface area contributed by atoms with Gasteiger partial charge in [0.25, 0.3) is 0 Å². The van der Waals surface area contributed by atoms with Gasteiger partial charge >= 0.3 is 0 Å². The highest BCUT2D eigenvalue weighted by Crippen LogP contribution is 2.12. The molecule has 0 saturated carbocycles. The molecule has 2 rings (SSSR count). The number of methoxy groups -OCH3 is 1. The monoisotopic (exact) mass is 354 g/mol. The summed E-state index contributed by atoms with van der Waals surface area (Å²) < 4.78 is 10.3. The summed E-state index contributed by atoms with van der Waals surface area (Å²) in [4.78, 5) is 16.2. The molecule has 1 amide bonds. The molecule has 1 aromatic carbocycles. The average Bonchev–Trinajstić information content (AvgIpc) is 3.02. The molecule has 7 nitrogen and oxygen atoms in total. The lowest BCUT2D eigenvalue weighted by atomic mass is 10.1. The minimum Gasteiger partial charge on any atom is -0.380 e. The van der Waals surface area contributed by atoms with Crippen LogP contribution in [-0.4, -0.2) is 35.8 Å². The molecule has 0 aliphatic carbocycles. The molecule has 0 bridgehead atoms. The molecule has 1 heterocycles. The average molecular weight is 355 g/mol. The Balaban J connectivity index is 0.00000288. The quantitative estimate of drug-likeness (QED) is 0.746. The van der Waals surface area contributed by atoms with Crippen LogP contribution in [0.3, 0.4) is 0 Å². The van der Waals surface area contributed by atoms with Crippen LogP contribution in [-0.2, 0) is 16.0 Å². The van der Waals surface area contributed by atoms with Crippen LogP contribution in [0.1, 0.15) is 36.7 Å². The fourth-order valence-electron chi connectivity index (χ4n) is 2.13. The lowest BCUT2D eigenvalue weighted by Crippen LogP contribution is -2.33. The molecular weight excluding hydrogens is 332 g/mol. The van der Waals surface area contributed by atoms with Crippen molar-refractivity contribution in [3.63, 3.8) is 0 Å². The van der Waals surface area contributed by atoms with Crippen molar-refractivity contribution in [1.29, 1.82) is 0 Å². The molecule has 0 spiro atoms. The minimum atomic E-state index is -0.366. The van der Waals surface area contributed by atoms with Gasteiger partial charge < -0.3 is 20.3 Å². The smallest absolute Gasteiger partial charge is 0.248 e. The normalized spacial score (nSPS) is 13.0. The predicted octanol–water partition coefficient (Wildman–Crippen LogP) is 1.62. The van der Waals surface area contributed by atoms with Gasteiger partial charge in [0, 0.05) is 20.1 Å². The summed E-state index contributed by atoms with van der Waals surface area (Å²) in [7, 11) is 1.53. The van der Waals surface area contributed by atoms with Crippen molar-refractivity contribution in [3.05, 3.63) is 47.6 Å². The number of amides is 1. The Morgan fingerprint density at radius 1 is 1.38 bits per heavy atom. The third-order valence-electron chi connectivity index (χ3n) is 3.45. The van der Waals surface area contributed by atoms with Crippen LogP contribution in [0.15, 0.2) is 34.9 Å². The van der Waals surface area contributed by atoms with Crippen LogP contribution in [0, 0.1) is 0 Å². The number of carbonyl (C=O) groups is 1. The van der Waals surface area contributed by atoms with Crippen molar-refractivity contribution in [1.82, 2.24) is 15.5 Å². The van der Waals surface area contributed by atoms with Crippen LogP contribution >= 0.6 is 12.4 Å². The maximum atomic E-state index is 11.9. The Morgan fingerprint density at radius 2 is 2.08 bits per heavy atom. The van der Waals surface area contributed by atoms with Crippen molar-refractivity contribution < 1.29 is 14.1 Å². The van der Waals surface area contributed by atoms with Gasteiger partial charge in [-0.1, -0.05) is 35.5 Å². The second kappa shape index (κ2) is 10.0. The van der Waals surface area contributed by atoms with Crippen LogP contribution in [0.25, 0.3) is 0 Å². The van der Waals surface area contributed by atoms with E-state index in [0.29, 0.717) is 24.7 Å². The summed E-state index contributed by atoms with van der Waals surface area (Å²) in [6.07, 6.45) is 0.491. The van der Waals surface area contributed by atoms with Crippen LogP contribution in [0.4, 0.5) is 0 Å². The zero-order valence-corrected chi connectivity index (χ0v) is 14.6. The molecule has 0 aliphatic rings. The summed E-state index contributed by atoms with van der Waals surface area (Å²) in [6, 6.07) is 9.51. The molecule has 24 heavy (non-hydrogen) atoms. The topological polar surface area (TPSA) is 103 Å². The molecule has 3 N–H and O–H groups in total. The first-order valence-electron chi connectivity index (χ1n) is 7.51. The van der Waals surface area contributed by atoms with Gasteiger partial charge in [-0.05, 0) is 12.5 Å². The Hall–Kier alpha value is -1.96. The van der Waals surface area contributed by atoms with E-state index in [4.69, 9.17) is 15.0 Å². The van der Waals surface area contributed by atoms with Gasteiger partial charge in [0.05, 0.1) is 12.5 Å². The SMILES string of the molecule is COC(CN)CC(=O)NC(C)c1nc(Cc2ccccc2)no1.Cl. The third-order valence-corrected chi connectivity index (χ3v) is 3.45. The van der Waals surface area contributed by atoms with Crippen molar-refractivity contribution >= 4 is 18.3 Å².